The molecule has 4 atom stereocenters. The number of imide groups is 1. The third-order valence-corrected chi connectivity index (χ3v) is 8.56. The smallest absolute Gasteiger partial charge is 0.250 e. The highest BCUT2D eigenvalue weighted by atomic mass is 35.5. The normalized spacial score (nSPS) is 31.2. The summed E-state index contributed by atoms with van der Waals surface area (Å²) in [6.45, 7) is 3.38. The maximum absolute atomic E-state index is 14.1. The van der Waals surface area contributed by atoms with Crippen molar-refractivity contribution in [2.75, 3.05) is 30.0 Å². The van der Waals surface area contributed by atoms with Crippen molar-refractivity contribution in [2.45, 2.75) is 31.3 Å². The van der Waals surface area contributed by atoms with E-state index in [1.165, 1.54) is 4.90 Å². The van der Waals surface area contributed by atoms with Crippen LogP contribution in [0, 0.1) is 18.8 Å². The third-order valence-electron chi connectivity index (χ3n) is 8.15. The third kappa shape index (κ3) is 2.25. The lowest BCUT2D eigenvalue weighted by atomic mass is 9.75. The second-order valence-electron chi connectivity index (χ2n) is 9.56. The standard InChI is InChI=1S/C25H22ClN3O5/c1-12-15(26)6-5-14-21(12)27-24(32)25(14)20-19(16-3-2-8-28(16)25)22(30)29(23(20)31)13-4-7-17-18(11-13)34-10-9-33-17/h4-7,11,16,19-20H,2-3,8-10H2,1H3,(H,27,32)/t16-,19-,20+,25+/m1/s1. The van der Waals surface area contributed by atoms with Crippen molar-refractivity contribution in [1.29, 1.82) is 0 Å². The van der Waals surface area contributed by atoms with Gasteiger partial charge in [0.15, 0.2) is 11.5 Å². The van der Waals surface area contributed by atoms with Crippen LogP contribution < -0.4 is 19.7 Å². The fourth-order valence-corrected chi connectivity index (χ4v) is 6.97. The summed E-state index contributed by atoms with van der Waals surface area (Å²) in [7, 11) is 0. The highest BCUT2D eigenvalue weighted by Crippen LogP contribution is 2.61. The molecule has 174 valence electrons. The first kappa shape index (κ1) is 20.3. The van der Waals surface area contributed by atoms with E-state index in [9.17, 15) is 14.4 Å². The van der Waals surface area contributed by atoms with Gasteiger partial charge in [-0.25, -0.2) is 4.90 Å². The molecule has 3 fully saturated rings. The number of carbonyl (C=O) groups excluding carboxylic acids is 3. The lowest BCUT2D eigenvalue weighted by Gasteiger charge is -2.36. The summed E-state index contributed by atoms with van der Waals surface area (Å²) < 4.78 is 11.3. The van der Waals surface area contributed by atoms with Crippen molar-refractivity contribution in [1.82, 2.24) is 4.90 Å². The average Bonchev–Trinajstić information content (AvgIpc) is 3.55. The van der Waals surface area contributed by atoms with Gasteiger partial charge in [-0.2, -0.15) is 0 Å². The van der Waals surface area contributed by atoms with Gasteiger partial charge in [0.05, 0.1) is 23.2 Å². The molecule has 5 aliphatic heterocycles. The number of ether oxygens (including phenoxy) is 2. The van der Waals surface area contributed by atoms with Crippen LogP contribution in [0.3, 0.4) is 0 Å². The SMILES string of the molecule is Cc1c(Cl)ccc2c1NC(=O)[C@@]21[C@@H]2C(=O)N(c3ccc4c(c3)OCCO4)C(=O)[C@@H]2[C@H]2CCCN21. The van der Waals surface area contributed by atoms with E-state index < -0.39 is 17.4 Å². The minimum Gasteiger partial charge on any atom is -0.486 e. The van der Waals surface area contributed by atoms with Crippen molar-refractivity contribution in [3.63, 3.8) is 0 Å². The number of hydrogen-bond acceptors (Lipinski definition) is 6. The van der Waals surface area contributed by atoms with Gasteiger partial charge in [-0.15, -0.1) is 0 Å². The van der Waals surface area contributed by atoms with E-state index in [-0.39, 0.29) is 23.8 Å². The Morgan fingerprint density at radius 3 is 2.68 bits per heavy atom. The van der Waals surface area contributed by atoms with Crippen molar-refractivity contribution < 1.29 is 23.9 Å². The Morgan fingerprint density at radius 2 is 1.85 bits per heavy atom. The first-order valence-corrected chi connectivity index (χ1v) is 12.0. The number of halogens is 1. The summed E-state index contributed by atoms with van der Waals surface area (Å²) in [6.07, 6.45) is 1.64. The van der Waals surface area contributed by atoms with E-state index in [1.807, 2.05) is 13.0 Å². The maximum atomic E-state index is 14.1. The fourth-order valence-electron chi connectivity index (χ4n) is 6.82. The lowest BCUT2D eigenvalue weighted by Crippen LogP contribution is -2.54. The van der Waals surface area contributed by atoms with Gasteiger partial charge in [0, 0.05) is 22.7 Å². The summed E-state index contributed by atoms with van der Waals surface area (Å²) in [5.41, 5.74) is 1.39. The monoisotopic (exact) mass is 479 g/mol. The number of fused-ring (bicyclic) bond motifs is 8. The average molecular weight is 480 g/mol. The van der Waals surface area contributed by atoms with Gasteiger partial charge in [0.1, 0.15) is 18.8 Å². The Bertz CT molecular complexity index is 1310. The quantitative estimate of drug-likeness (QED) is 0.633. The molecule has 0 unspecified atom stereocenters. The molecular formula is C25H22ClN3O5. The van der Waals surface area contributed by atoms with Gasteiger partial charge >= 0.3 is 0 Å². The van der Waals surface area contributed by atoms with Crippen LogP contribution >= 0.6 is 11.6 Å². The second kappa shape index (κ2) is 6.73. The van der Waals surface area contributed by atoms with Crippen LogP contribution in [-0.4, -0.2) is 48.4 Å². The molecule has 3 amide bonds. The van der Waals surface area contributed by atoms with Gasteiger partial charge in [0.2, 0.25) is 17.7 Å². The summed E-state index contributed by atoms with van der Waals surface area (Å²) >= 11 is 6.35. The van der Waals surface area contributed by atoms with Crippen molar-refractivity contribution in [3.8, 4) is 11.5 Å². The number of anilines is 2. The number of amides is 3. The highest BCUT2D eigenvalue weighted by molar-refractivity contribution is 6.32. The van der Waals surface area contributed by atoms with Gasteiger partial charge in [-0.3, -0.25) is 19.3 Å². The highest BCUT2D eigenvalue weighted by Gasteiger charge is 2.74. The molecule has 34 heavy (non-hydrogen) atoms. The zero-order valence-electron chi connectivity index (χ0n) is 18.5. The van der Waals surface area contributed by atoms with Crippen LogP contribution in [0.5, 0.6) is 11.5 Å². The molecule has 3 saturated heterocycles. The predicted octanol–water partition coefficient (Wildman–Crippen LogP) is 2.85. The Hall–Kier alpha value is -3.10. The van der Waals surface area contributed by atoms with Crippen LogP contribution in [0.2, 0.25) is 5.02 Å². The molecule has 0 bridgehead atoms. The molecular weight excluding hydrogens is 458 g/mol. The van der Waals surface area contributed by atoms with Crippen LogP contribution in [-0.2, 0) is 19.9 Å². The molecule has 0 aliphatic carbocycles. The number of nitrogens with zero attached hydrogens (tertiary/aromatic N) is 2. The summed E-state index contributed by atoms with van der Waals surface area (Å²) in [4.78, 5) is 45.0. The number of carbonyl (C=O) groups is 3. The molecule has 1 spiro atoms. The molecule has 2 aromatic rings. The Kier molecular flexibility index (Phi) is 4.02. The van der Waals surface area contributed by atoms with Gasteiger partial charge in [0.25, 0.3) is 0 Å². The first-order chi connectivity index (χ1) is 16.4. The minimum atomic E-state index is -1.22. The molecule has 9 heteroatoms. The Morgan fingerprint density at radius 1 is 1.06 bits per heavy atom. The van der Waals surface area contributed by atoms with Crippen LogP contribution in [0.25, 0.3) is 0 Å². The van der Waals surface area contributed by atoms with E-state index in [0.717, 1.165) is 24.0 Å². The number of nitrogens with one attached hydrogen (secondary N) is 1. The second-order valence-corrected chi connectivity index (χ2v) is 9.97. The largest absolute Gasteiger partial charge is 0.486 e. The van der Waals surface area contributed by atoms with E-state index in [2.05, 4.69) is 10.2 Å². The van der Waals surface area contributed by atoms with Crippen molar-refractivity contribution >= 4 is 40.7 Å². The first-order valence-electron chi connectivity index (χ1n) is 11.6. The summed E-state index contributed by atoms with van der Waals surface area (Å²) in [5.74, 6) is -1.16. The lowest BCUT2D eigenvalue weighted by molar-refractivity contribution is -0.135. The van der Waals surface area contributed by atoms with Crippen LogP contribution in [0.1, 0.15) is 24.0 Å². The molecule has 0 saturated carbocycles. The Labute approximate surface area is 200 Å². The van der Waals surface area contributed by atoms with E-state index in [1.54, 1.807) is 24.3 Å². The summed E-state index contributed by atoms with van der Waals surface area (Å²) in [5, 5.41) is 3.56. The zero-order valence-corrected chi connectivity index (χ0v) is 19.2. The molecule has 1 N–H and O–H groups in total. The molecule has 8 nitrogen and oxygen atoms in total. The van der Waals surface area contributed by atoms with E-state index in [4.69, 9.17) is 21.1 Å². The topological polar surface area (TPSA) is 88.2 Å². The molecule has 0 radical (unpaired) electrons. The molecule has 2 aromatic carbocycles. The Balaban J connectivity index is 1.39. The van der Waals surface area contributed by atoms with Crippen molar-refractivity contribution in [3.05, 3.63) is 46.5 Å². The van der Waals surface area contributed by atoms with Crippen LogP contribution in [0.15, 0.2) is 30.3 Å². The minimum absolute atomic E-state index is 0.170. The maximum Gasteiger partial charge on any atom is 0.250 e. The number of benzene rings is 2. The van der Waals surface area contributed by atoms with E-state index >= 15 is 0 Å². The molecule has 5 heterocycles. The van der Waals surface area contributed by atoms with Gasteiger partial charge < -0.3 is 14.8 Å². The van der Waals surface area contributed by atoms with Gasteiger partial charge in [-0.1, -0.05) is 17.7 Å². The molecule has 7 rings (SSSR count). The number of rotatable bonds is 1. The van der Waals surface area contributed by atoms with Crippen molar-refractivity contribution in [2.24, 2.45) is 11.8 Å². The molecule has 5 aliphatic rings. The fraction of sp³-hybridized carbons (Fsp3) is 0.400. The number of hydrogen-bond donors (Lipinski definition) is 1. The summed E-state index contributed by atoms with van der Waals surface area (Å²) in [6, 6.07) is 8.55. The van der Waals surface area contributed by atoms with Gasteiger partial charge in [-0.05, 0) is 50.1 Å². The van der Waals surface area contributed by atoms with E-state index in [0.29, 0.717) is 47.7 Å². The predicted molar refractivity (Wildman–Crippen MR) is 123 cm³/mol. The van der Waals surface area contributed by atoms with Crippen LogP contribution in [0.4, 0.5) is 11.4 Å². The molecule has 0 aromatic heterocycles. The zero-order chi connectivity index (χ0) is 23.4.